The van der Waals surface area contributed by atoms with Crippen LogP contribution >= 0.6 is 22.9 Å². The number of aromatic nitrogens is 2. The Morgan fingerprint density at radius 3 is 2.90 bits per heavy atom. The number of rotatable bonds is 5. The average molecular weight is 312 g/mol. The number of nitrogens with zero attached hydrogens (tertiary/aromatic N) is 2. The minimum atomic E-state index is -0.267. The molecule has 20 heavy (non-hydrogen) atoms. The molecule has 1 N–H and O–H groups in total. The van der Waals surface area contributed by atoms with Gasteiger partial charge in [0.25, 0.3) is 5.91 Å². The molecule has 0 saturated carbocycles. The standard InChI is InChI=1S/C13H14ClN3O2S/c1-3-12-16-17-13(20-12)15-11(18)7-19-9-4-5-10(14)8(2)6-9/h4-6H,3,7H2,1-2H3,(H,15,17,18). The van der Waals surface area contributed by atoms with Gasteiger partial charge in [0.05, 0.1) is 0 Å². The van der Waals surface area contributed by atoms with E-state index in [4.69, 9.17) is 16.3 Å². The second-order valence-corrected chi connectivity index (χ2v) is 5.57. The normalized spacial score (nSPS) is 10.3. The molecule has 2 rings (SSSR count). The van der Waals surface area contributed by atoms with Crippen LogP contribution < -0.4 is 10.1 Å². The molecule has 0 bridgehead atoms. The lowest BCUT2D eigenvalue weighted by Crippen LogP contribution is -2.20. The minimum Gasteiger partial charge on any atom is -0.484 e. The number of ether oxygens (including phenoxy) is 1. The summed E-state index contributed by atoms with van der Waals surface area (Å²) in [5, 5.41) is 12.5. The molecule has 2 aromatic rings. The third kappa shape index (κ3) is 3.91. The molecule has 1 aromatic heterocycles. The Morgan fingerprint density at radius 2 is 2.25 bits per heavy atom. The number of hydrogen-bond donors (Lipinski definition) is 1. The monoisotopic (exact) mass is 311 g/mol. The quantitative estimate of drug-likeness (QED) is 0.921. The second kappa shape index (κ2) is 6.67. The van der Waals surface area contributed by atoms with Gasteiger partial charge in [0.15, 0.2) is 6.61 Å². The number of anilines is 1. The molecule has 0 unspecified atom stereocenters. The summed E-state index contributed by atoms with van der Waals surface area (Å²) >= 11 is 7.28. The average Bonchev–Trinajstić information content (AvgIpc) is 2.88. The van der Waals surface area contributed by atoms with E-state index in [1.165, 1.54) is 11.3 Å². The Hall–Kier alpha value is -1.66. The lowest BCUT2D eigenvalue weighted by Gasteiger charge is -2.07. The van der Waals surface area contributed by atoms with Crippen molar-refractivity contribution in [2.24, 2.45) is 0 Å². The number of amides is 1. The van der Waals surface area contributed by atoms with Crippen LogP contribution in [-0.4, -0.2) is 22.7 Å². The van der Waals surface area contributed by atoms with E-state index in [2.05, 4.69) is 15.5 Å². The molecule has 106 valence electrons. The summed E-state index contributed by atoms with van der Waals surface area (Å²) in [6, 6.07) is 5.25. The predicted molar refractivity (Wildman–Crippen MR) is 79.6 cm³/mol. The maximum atomic E-state index is 11.7. The van der Waals surface area contributed by atoms with E-state index in [1.54, 1.807) is 18.2 Å². The van der Waals surface area contributed by atoms with E-state index in [1.807, 2.05) is 13.8 Å². The van der Waals surface area contributed by atoms with Gasteiger partial charge in [-0.25, -0.2) is 0 Å². The number of carbonyl (C=O) groups is 1. The van der Waals surface area contributed by atoms with Gasteiger partial charge in [-0.3, -0.25) is 10.1 Å². The SMILES string of the molecule is CCc1nnc(NC(=O)COc2ccc(Cl)c(C)c2)s1. The van der Waals surface area contributed by atoms with Crippen LogP contribution in [0, 0.1) is 6.92 Å². The zero-order valence-electron chi connectivity index (χ0n) is 11.1. The first-order valence-corrected chi connectivity index (χ1v) is 7.29. The van der Waals surface area contributed by atoms with Gasteiger partial charge in [0.1, 0.15) is 10.8 Å². The second-order valence-electron chi connectivity index (χ2n) is 4.10. The lowest BCUT2D eigenvalue weighted by molar-refractivity contribution is -0.118. The zero-order chi connectivity index (χ0) is 14.5. The number of benzene rings is 1. The van der Waals surface area contributed by atoms with Crippen LogP contribution in [0.1, 0.15) is 17.5 Å². The van der Waals surface area contributed by atoms with Crippen molar-refractivity contribution in [3.8, 4) is 5.75 Å². The molecule has 0 fully saturated rings. The summed E-state index contributed by atoms with van der Waals surface area (Å²) < 4.78 is 5.39. The van der Waals surface area contributed by atoms with Crippen LogP contribution in [0.5, 0.6) is 5.75 Å². The molecular weight excluding hydrogens is 298 g/mol. The maximum absolute atomic E-state index is 11.7. The Bertz CT molecular complexity index is 615. The van der Waals surface area contributed by atoms with E-state index in [-0.39, 0.29) is 12.5 Å². The largest absolute Gasteiger partial charge is 0.484 e. The smallest absolute Gasteiger partial charge is 0.264 e. The van der Waals surface area contributed by atoms with Crippen molar-refractivity contribution in [3.05, 3.63) is 33.8 Å². The van der Waals surface area contributed by atoms with Crippen LogP contribution in [0.4, 0.5) is 5.13 Å². The van der Waals surface area contributed by atoms with E-state index < -0.39 is 0 Å². The van der Waals surface area contributed by atoms with E-state index in [9.17, 15) is 4.79 Å². The first-order chi connectivity index (χ1) is 9.58. The molecule has 0 aliphatic heterocycles. The number of nitrogens with one attached hydrogen (secondary N) is 1. The summed E-state index contributed by atoms with van der Waals surface area (Å²) in [6.45, 7) is 3.78. The molecule has 0 radical (unpaired) electrons. The molecule has 5 nitrogen and oxygen atoms in total. The summed E-state index contributed by atoms with van der Waals surface area (Å²) in [6.07, 6.45) is 0.800. The highest BCUT2D eigenvalue weighted by molar-refractivity contribution is 7.15. The van der Waals surface area contributed by atoms with Gasteiger partial charge in [-0.15, -0.1) is 10.2 Å². The third-order valence-electron chi connectivity index (χ3n) is 2.51. The molecular formula is C13H14ClN3O2S. The van der Waals surface area contributed by atoms with Crippen LogP contribution in [0.3, 0.4) is 0 Å². The number of halogens is 1. The highest BCUT2D eigenvalue weighted by atomic mass is 35.5. The van der Waals surface area contributed by atoms with Gasteiger partial charge < -0.3 is 4.74 Å². The Kier molecular flexibility index (Phi) is 4.92. The van der Waals surface area contributed by atoms with Crippen molar-refractivity contribution in [2.75, 3.05) is 11.9 Å². The van der Waals surface area contributed by atoms with Crippen molar-refractivity contribution < 1.29 is 9.53 Å². The third-order valence-corrected chi connectivity index (χ3v) is 3.92. The summed E-state index contributed by atoms with van der Waals surface area (Å²) in [7, 11) is 0. The molecule has 1 amide bonds. The molecule has 0 spiro atoms. The minimum absolute atomic E-state index is 0.0812. The van der Waals surface area contributed by atoms with Gasteiger partial charge in [-0.2, -0.15) is 0 Å². The topological polar surface area (TPSA) is 64.1 Å². The van der Waals surface area contributed by atoms with Crippen molar-refractivity contribution >= 4 is 34.0 Å². The molecule has 1 heterocycles. The first-order valence-electron chi connectivity index (χ1n) is 6.09. The Labute approximate surface area is 125 Å². The van der Waals surface area contributed by atoms with Crippen LogP contribution in [-0.2, 0) is 11.2 Å². The van der Waals surface area contributed by atoms with Gasteiger partial charge in [0.2, 0.25) is 5.13 Å². The molecule has 7 heteroatoms. The predicted octanol–water partition coefficient (Wildman–Crippen LogP) is 3.08. The first kappa shape index (κ1) is 14.7. The summed E-state index contributed by atoms with van der Waals surface area (Å²) in [5.74, 6) is 0.338. The van der Waals surface area contributed by atoms with Crippen LogP contribution in [0.25, 0.3) is 0 Å². The van der Waals surface area contributed by atoms with Crippen LogP contribution in [0.15, 0.2) is 18.2 Å². The fraction of sp³-hybridized carbons (Fsp3) is 0.308. The van der Waals surface area contributed by atoms with E-state index in [0.717, 1.165) is 17.0 Å². The highest BCUT2D eigenvalue weighted by Crippen LogP contribution is 2.21. The molecule has 0 aliphatic carbocycles. The number of aryl methyl sites for hydroxylation is 2. The fourth-order valence-electron chi connectivity index (χ4n) is 1.46. The van der Waals surface area contributed by atoms with Crippen molar-refractivity contribution in [2.45, 2.75) is 20.3 Å². The fourth-order valence-corrected chi connectivity index (χ4v) is 2.27. The molecule has 0 saturated heterocycles. The van der Waals surface area contributed by atoms with Gasteiger partial charge >= 0.3 is 0 Å². The van der Waals surface area contributed by atoms with Gasteiger partial charge in [-0.1, -0.05) is 29.9 Å². The summed E-state index contributed by atoms with van der Waals surface area (Å²) in [4.78, 5) is 11.7. The van der Waals surface area contributed by atoms with E-state index in [0.29, 0.717) is 15.9 Å². The molecule has 1 aromatic carbocycles. The van der Waals surface area contributed by atoms with Crippen molar-refractivity contribution in [1.82, 2.24) is 10.2 Å². The summed E-state index contributed by atoms with van der Waals surface area (Å²) in [5.41, 5.74) is 0.904. The molecule has 0 aliphatic rings. The maximum Gasteiger partial charge on any atom is 0.264 e. The van der Waals surface area contributed by atoms with Crippen LogP contribution in [0.2, 0.25) is 5.02 Å². The lowest BCUT2D eigenvalue weighted by atomic mass is 10.2. The number of hydrogen-bond acceptors (Lipinski definition) is 5. The highest BCUT2D eigenvalue weighted by Gasteiger charge is 2.08. The van der Waals surface area contributed by atoms with E-state index >= 15 is 0 Å². The van der Waals surface area contributed by atoms with Crippen molar-refractivity contribution in [1.29, 1.82) is 0 Å². The zero-order valence-corrected chi connectivity index (χ0v) is 12.7. The Morgan fingerprint density at radius 1 is 1.45 bits per heavy atom. The van der Waals surface area contributed by atoms with Gasteiger partial charge in [0, 0.05) is 5.02 Å². The number of carbonyl (C=O) groups excluding carboxylic acids is 1. The van der Waals surface area contributed by atoms with Crippen molar-refractivity contribution in [3.63, 3.8) is 0 Å². The Balaban J connectivity index is 1.87. The van der Waals surface area contributed by atoms with Gasteiger partial charge in [-0.05, 0) is 37.1 Å². The molecule has 0 atom stereocenters.